The van der Waals surface area contributed by atoms with Crippen LogP contribution in [-0.4, -0.2) is 12.1 Å². The maximum absolute atomic E-state index is 6.54. The number of hydrogen-bond donors (Lipinski definition) is 0. The van der Waals surface area contributed by atoms with Gasteiger partial charge in [-0.3, -0.25) is 0 Å². The fourth-order valence-electron chi connectivity index (χ4n) is 8.39. The lowest BCUT2D eigenvalue weighted by atomic mass is 9.88. The number of hydrogen-bond acceptors (Lipinski definition) is 4. The van der Waals surface area contributed by atoms with Crippen LogP contribution in [0.4, 0.5) is 22.7 Å². The Morgan fingerprint density at radius 3 is 1.82 bits per heavy atom. The van der Waals surface area contributed by atoms with Gasteiger partial charge in [-0.2, -0.15) is 0 Å². The lowest BCUT2D eigenvalue weighted by Crippen LogP contribution is -2.35. The molecule has 266 valence electrons. The zero-order chi connectivity index (χ0) is 36.7. The SMILES string of the molecule is CC1C=CC(c2ccc3sc4oc5ccc(C6=CC=CC(N(c7ccccc7)c7ccccc7)C6)cc5c4c3c2)=CC1N(c1ccccc1)c1ccccc1. The van der Waals surface area contributed by atoms with Gasteiger partial charge >= 0.3 is 0 Å². The Hall–Kier alpha value is -6.36. The van der Waals surface area contributed by atoms with Gasteiger partial charge in [0.25, 0.3) is 0 Å². The molecule has 0 bridgehead atoms. The van der Waals surface area contributed by atoms with Crippen molar-refractivity contribution in [3.05, 3.63) is 205 Å². The molecule has 8 aromatic rings. The van der Waals surface area contributed by atoms with Gasteiger partial charge in [0, 0.05) is 43.6 Å². The first-order valence-corrected chi connectivity index (χ1v) is 20.0. The van der Waals surface area contributed by atoms with E-state index < -0.39 is 0 Å². The van der Waals surface area contributed by atoms with Crippen molar-refractivity contribution < 1.29 is 4.42 Å². The molecule has 0 radical (unpaired) electrons. The Morgan fingerprint density at radius 2 is 1.18 bits per heavy atom. The number of anilines is 4. The summed E-state index contributed by atoms with van der Waals surface area (Å²) in [5.41, 5.74) is 10.7. The molecule has 6 aromatic carbocycles. The largest absolute Gasteiger partial charge is 0.445 e. The van der Waals surface area contributed by atoms with E-state index in [9.17, 15) is 0 Å². The molecule has 2 aliphatic carbocycles. The van der Waals surface area contributed by atoms with Crippen molar-refractivity contribution >= 4 is 76.6 Å². The van der Waals surface area contributed by atoms with Crippen LogP contribution in [0.25, 0.3) is 42.5 Å². The van der Waals surface area contributed by atoms with Gasteiger partial charge in [-0.25, -0.2) is 0 Å². The van der Waals surface area contributed by atoms with Crippen LogP contribution in [0.15, 0.2) is 199 Å². The van der Waals surface area contributed by atoms with Crippen LogP contribution in [0.5, 0.6) is 0 Å². The van der Waals surface area contributed by atoms with Gasteiger partial charge in [-0.05, 0) is 107 Å². The summed E-state index contributed by atoms with van der Waals surface area (Å²) < 4.78 is 7.78. The van der Waals surface area contributed by atoms with Crippen LogP contribution in [-0.2, 0) is 0 Å². The number of furan rings is 1. The van der Waals surface area contributed by atoms with Crippen LogP contribution < -0.4 is 9.80 Å². The fourth-order valence-corrected chi connectivity index (χ4v) is 9.45. The zero-order valence-corrected chi connectivity index (χ0v) is 31.4. The van der Waals surface area contributed by atoms with Crippen molar-refractivity contribution in [3.8, 4) is 0 Å². The highest BCUT2D eigenvalue weighted by Gasteiger charge is 2.27. The predicted molar refractivity (Wildman–Crippen MR) is 235 cm³/mol. The molecule has 2 aliphatic rings. The van der Waals surface area contributed by atoms with Crippen molar-refractivity contribution in [2.45, 2.75) is 25.4 Å². The highest BCUT2D eigenvalue weighted by atomic mass is 32.1. The van der Waals surface area contributed by atoms with E-state index in [4.69, 9.17) is 4.42 Å². The van der Waals surface area contributed by atoms with Crippen molar-refractivity contribution in [1.29, 1.82) is 0 Å². The molecule has 3 nitrogen and oxygen atoms in total. The van der Waals surface area contributed by atoms with Gasteiger partial charge in [-0.15, -0.1) is 0 Å². The summed E-state index contributed by atoms with van der Waals surface area (Å²) in [6, 6.07) is 56.9. The smallest absolute Gasteiger partial charge is 0.190 e. The standard InChI is InChI=1S/C51H40N2OS/c1-35-25-26-39(34-47(35)53(42-20-10-4-11-21-42)43-22-12-5-13-23-43)38-28-30-49-46(33-38)50-45-32-37(27-29-48(45)54-51(50)55-49)36-15-14-24-44(31-36)52(40-16-6-2-7-17-40)41-18-8-3-9-19-41/h2-30,32-35,44,47H,31H2,1H3. The number of rotatable bonds is 8. The summed E-state index contributed by atoms with van der Waals surface area (Å²) in [4.78, 5) is 5.90. The second-order valence-electron chi connectivity index (χ2n) is 14.5. The number of allylic oxidation sites excluding steroid dienone is 4. The van der Waals surface area contributed by atoms with Gasteiger partial charge in [-0.1, -0.05) is 140 Å². The van der Waals surface area contributed by atoms with Crippen LogP contribution in [0.3, 0.4) is 0 Å². The van der Waals surface area contributed by atoms with Gasteiger partial charge in [0.2, 0.25) is 0 Å². The molecule has 10 rings (SSSR count). The second kappa shape index (κ2) is 14.1. The van der Waals surface area contributed by atoms with E-state index in [0.29, 0.717) is 5.92 Å². The Kier molecular flexibility index (Phi) is 8.54. The average Bonchev–Trinajstić information content (AvgIpc) is 3.79. The molecule has 0 fully saturated rings. The molecule has 4 heteroatoms. The van der Waals surface area contributed by atoms with E-state index in [1.807, 2.05) is 0 Å². The van der Waals surface area contributed by atoms with Crippen LogP contribution in [0.1, 0.15) is 24.5 Å². The minimum Gasteiger partial charge on any atom is -0.445 e. The summed E-state index contributed by atoms with van der Waals surface area (Å²) in [5.74, 6) is 0.327. The topological polar surface area (TPSA) is 19.6 Å². The van der Waals surface area contributed by atoms with E-state index in [-0.39, 0.29) is 12.1 Å². The molecule has 3 atom stereocenters. The van der Waals surface area contributed by atoms with E-state index >= 15 is 0 Å². The first-order chi connectivity index (χ1) is 27.2. The minimum absolute atomic E-state index is 0.154. The van der Waals surface area contributed by atoms with Crippen molar-refractivity contribution in [1.82, 2.24) is 0 Å². The lowest BCUT2D eigenvalue weighted by Gasteiger charge is -2.37. The normalized spacial score (nSPS) is 18.1. The highest BCUT2D eigenvalue weighted by molar-refractivity contribution is 7.25. The molecule has 0 amide bonds. The molecule has 3 unspecified atom stereocenters. The Bertz CT molecular complexity index is 2680. The summed E-state index contributed by atoms with van der Waals surface area (Å²) in [6.45, 7) is 2.31. The number of benzene rings is 6. The molecule has 0 saturated heterocycles. The van der Waals surface area contributed by atoms with E-state index in [2.05, 4.69) is 211 Å². The molecule has 0 N–H and O–H groups in total. The Labute approximate surface area is 326 Å². The molecular formula is C51H40N2OS. The Balaban J connectivity index is 1.01. The maximum atomic E-state index is 6.54. The molecular weight excluding hydrogens is 689 g/mol. The van der Waals surface area contributed by atoms with Crippen LogP contribution in [0.2, 0.25) is 0 Å². The number of thiophene rings is 1. The highest BCUT2D eigenvalue weighted by Crippen LogP contribution is 2.44. The molecule has 0 spiro atoms. The average molecular weight is 729 g/mol. The molecule has 0 aliphatic heterocycles. The van der Waals surface area contributed by atoms with Crippen molar-refractivity contribution in [3.63, 3.8) is 0 Å². The Morgan fingerprint density at radius 1 is 0.600 bits per heavy atom. The van der Waals surface area contributed by atoms with Crippen LogP contribution in [0, 0.1) is 5.92 Å². The maximum Gasteiger partial charge on any atom is 0.190 e. The molecule has 2 aromatic heterocycles. The summed E-state index contributed by atoms with van der Waals surface area (Å²) >= 11 is 1.74. The van der Waals surface area contributed by atoms with Crippen LogP contribution >= 0.6 is 11.3 Å². The number of para-hydroxylation sites is 4. The minimum atomic E-state index is 0.154. The number of nitrogens with zero attached hydrogens (tertiary/aromatic N) is 2. The third-order valence-electron chi connectivity index (χ3n) is 11.1. The molecule has 0 saturated carbocycles. The zero-order valence-electron chi connectivity index (χ0n) is 30.6. The van der Waals surface area contributed by atoms with E-state index in [1.54, 1.807) is 11.3 Å². The third kappa shape index (κ3) is 6.19. The van der Waals surface area contributed by atoms with Gasteiger partial charge in [0.1, 0.15) is 5.58 Å². The summed E-state index contributed by atoms with van der Waals surface area (Å²) in [5, 5.41) is 3.62. The van der Waals surface area contributed by atoms with Gasteiger partial charge in [0.05, 0.1) is 12.1 Å². The predicted octanol–water partition coefficient (Wildman–Crippen LogP) is 14.1. The first kappa shape index (κ1) is 33.2. The molecule has 2 heterocycles. The first-order valence-electron chi connectivity index (χ1n) is 19.1. The fraction of sp³-hybridized carbons (Fsp3) is 0.0980. The quantitative estimate of drug-likeness (QED) is 0.155. The second-order valence-corrected chi connectivity index (χ2v) is 15.6. The van der Waals surface area contributed by atoms with Crippen molar-refractivity contribution in [2.75, 3.05) is 9.80 Å². The van der Waals surface area contributed by atoms with Gasteiger partial charge in [0.15, 0.2) is 4.90 Å². The monoisotopic (exact) mass is 728 g/mol. The molecule has 55 heavy (non-hydrogen) atoms. The lowest BCUT2D eigenvalue weighted by molar-refractivity contribution is 0.611. The van der Waals surface area contributed by atoms with Crippen molar-refractivity contribution in [2.24, 2.45) is 5.92 Å². The number of fused-ring (bicyclic) bond motifs is 5. The summed E-state index contributed by atoms with van der Waals surface area (Å²) in [7, 11) is 0. The third-order valence-corrected chi connectivity index (χ3v) is 12.2. The summed E-state index contributed by atoms with van der Waals surface area (Å²) in [6.07, 6.45) is 14.8. The van der Waals surface area contributed by atoms with E-state index in [0.717, 1.165) is 16.9 Å². The van der Waals surface area contributed by atoms with Gasteiger partial charge < -0.3 is 14.2 Å². The van der Waals surface area contributed by atoms with E-state index in [1.165, 1.54) is 65.9 Å².